The average molecular weight is 246 g/mol. The first-order valence-corrected chi connectivity index (χ1v) is 6.74. The fraction of sp³-hybridized carbons (Fsp3) is 0.778. The van der Waals surface area contributed by atoms with Gasteiger partial charge in [0.05, 0.1) is 0 Å². The van der Waals surface area contributed by atoms with Crippen LogP contribution in [0.3, 0.4) is 0 Å². The van der Waals surface area contributed by atoms with E-state index in [1.165, 1.54) is 0 Å². The third-order valence-corrected chi connectivity index (χ3v) is 2.78. The van der Waals surface area contributed by atoms with Crippen LogP contribution in [0.25, 0.3) is 0 Å². The van der Waals surface area contributed by atoms with E-state index in [-0.39, 0.29) is 0 Å². The summed E-state index contributed by atoms with van der Waals surface area (Å²) in [5, 5.41) is 6.20. The van der Waals surface area contributed by atoms with Crippen molar-refractivity contribution in [1.82, 2.24) is 0 Å². The van der Waals surface area contributed by atoms with Gasteiger partial charge in [0.25, 0.3) is 0 Å². The predicted octanol–water partition coefficient (Wildman–Crippen LogP) is 2.42. The maximum Gasteiger partial charge on any atom is 0.453 e. The fourth-order valence-electron chi connectivity index (χ4n) is 0.697. The van der Waals surface area contributed by atoms with Gasteiger partial charge < -0.3 is 9.16 Å². The second-order valence-corrected chi connectivity index (χ2v) is 5.55. The highest BCUT2D eigenvalue weighted by Crippen LogP contribution is 2.08. The van der Waals surface area contributed by atoms with E-state index in [0.29, 0.717) is 0 Å². The Kier molecular flexibility index (Phi) is 6.55. The highest BCUT2D eigenvalue weighted by molar-refractivity contribution is 6.30. The molecule has 16 heavy (non-hydrogen) atoms. The molecule has 0 aliphatic heterocycles. The molecule has 0 aromatic heterocycles. The maximum atomic E-state index is 11.0. The molecule has 0 unspecified atom stereocenters. The number of amides is 2. The van der Waals surface area contributed by atoms with E-state index in [1.54, 1.807) is 20.8 Å². The van der Waals surface area contributed by atoms with E-state index in [0.717, 1.165) is 12.5 Å². The summed E-state index contributed by atoms with van der Waals surface area (Å²) in [7, 11) is -0.870. The van der Waals surface area contributed by atoms with Gasteiger partial charge >= 0.3 is 12.2 Å². The molecule has 0 aliphatic carbocycles. The Bertz CT molecular complexity index is 273. The number of ether oxygens (including phenoxy) is 1. The van der Waals surface area contributed by atoms with Crippen molar-refractivity contribution in [1.29, 1.82) is 0 Å². The molecule has 0 radical (unpaired) electrons. The minimum atomic E-state index is -0.887. The van der Waals surface area contributed by atoms with Gasteiger partial charge in [-0.3, -0.25) is 0 Å². The zero-order valence-corrected chi connectivity index (χ0v) is 11.6. The largest absolute Gasteiger partial charge is 0.507 e. The first-order valence-electron chi connectivity index (χ1n) is 5.16. The summed E-state index contributed by atoms with van der Waals surface area (Å²) in [6.45, 7) is 7.11. The number of rotatable bonds is 3. The Balaban J connectivity index is 3.89. The Labute approximate surface area is 97.4 Å². The van der Waals surface area contributed by atoms with Crippen LogP contribution < -0.4 is 0 Å². The van der Waals surface area contributed by atoms with E-state index in [2.05, 4.69) is 10.2 Å². The molecule has 0 aromatic rings. The molecule has 7 heteroatoms. The smallest absolute Gasteiger partial charge is 0.453 e. The van der Waals surface area contributed by atoms with Gasteiger partial charge in [-0.25, -0.2) is 9.59 Å². The molecule has 0 saturated heterocycles. The molecule has 0 heterocycles. The first kappa shape index (κ1) is 14.8. The Morgan fingerprint density at radius 1 is 1.19 bits per heavy atom. The van der Waals surface area contributed by atoms with Crippen LogP contribution in [-0.4, -0.2) is 27.6 Å². The molecule has 0 aromatic carbocycles. The van der Waals surface area contributed by atoms with Crippen molar-refractivity contribution in [3.05, 3.63) is 0 Å². The zero-order valence-electron chi connectivity index (χ0n) is 10.1. The summed E-state index contributed by atoms with van der Waals surface area (Å²) >= 11 is 0. The summed E-state index contributed by atoms with van der Waals surface area (Å²) < 4.78 is 9.61. The van der Waals surface area contributed by atoms with E-state index >= 15 is 0 Å². The lowest BCUT2D eigenvalue weighted by molar-refractivity contribution is 0.0589. The molecule has 0 bridgehead atoms. The van der Waals surface area contributed by atoms with Gasteiger partial charge in [0, 0.05) is 0 Å². The molecule has 92 valence electrons. The lowest BCUT2D eigenvalue weighted by Crippen LogP contribution is -2.21. The van der Waals surface area contributed by atoms with Crippen LogP contribution >= 0.6 is 0 Å². The zero-order chi connectivity index (χ0) is 12.6. The minimum Gasteiger partial charge on any atom is -0.507 e. The molecule has 0 saturated carbocycles. The maximum absolute atomic E-state index is 11.0. The van der Waals surface area contributed by atoms with Crippen molar-refractivity contribution >= 4 is 21.9 Å². The fourth-order valence-corrected chi connectivity index (χ4v) is 1.36. The number of carbonyl (C=O) groups is 2. The van der Waals surface area contributed by atoms with Crippen molar-refractivity contribution in [2.24, 2.45) is 10.2 Å². The molecule has 0 N–H and O–H groups in total. The molecule has 0 atom stereocenters. The third-order valence-electron chi connectivity index (χ3n) is 1.33. The summed E-state index contributed by atoms with van der Waals surface area (Å²) in [6.07, 6.45) is -0.726. The molecule has 0 fully saturated rings. The number of hydrogen-bond acceptors (Lipinski definition) is 4. The lowest BCUT2D eigenvalue weighted by atomic mass is 10.2. The third kappa shape index (κ3) is 9.32. The Morgan fingerprint density at radius 3 is 2.25 bits per heavy atom. The second kappa shape index (κ2) is 7.10. The summed E-state index contributed by atoms with van der Waals surface area (Å²) in [5.74, 6) is 0. The van der Waals surface area contributed by atoms with E-state index < -0.39 is 27.6 Å². The van der Waals surface area contributed by atoms with Crippen LogP contribution in [0.2, 0.25) is 6.04 Å². The average Bonchev–Trinajstić information content (AvgIpc) is 2.12. The topological polar surface area (TPSA) is 77.3 Å². The van der Waals surface area contributed by atoms with Crippen molar-refractivity contribution in [2.45, 2.75) is 45.8 Å². The monoisotopic (exact) mass is 246 g/mol. The molecule has 0 spiro atoms. The van der Waals surface area contributed by atoms with Gasteiger partial charge in [0.2, 0.25) is 9.76 Å². The van der Waals surface area contributed by atoms with Gasteiger partial charge in [0.15, 0.2) is 0 Å². The van der Waals surface area contributed by atoms with E-state index in [4.69, 9.17) is 9.16 Å². The molecule has 0 aliphatic rings. The number of nitrogens with zero attached hydrogens (tertiary/aromatic N) is 2. The Hall–Kier alpha value is -1.24. The summed E-state index contributed by atoms with van der Waals surface area (Å²) in [5.41, 5.74) is -0.642. The van der Waals surface area contributed by atoms with Crippen molar-refractivity contribution in [2.75, 3.05) is 0 Å². The quantitative estimate of drug-likeness (QED) is 0.435. The van der Waals surface area contributed by atoms with Crippen LogP contribution in [0.4, 0.5) is 9.59 Å². The van der Waals surface area contributed by atoms with Crippen LogP contribution in [0, 0.1) is 0 Å². The highest BCUT2D eigenvalue weighted by Gasteiger charge is 2.15. The minimum absolute atomic E-state index is 0.642. The summed E-state index contributed by atoms with van der Waals surface area (Å²) in [4.78, 5) is 21.9. The van der Waals surface area contributed by atoms with Gasteiger partial charge in [-0.2, -0.15) is 0 Å². The van der Waals surface area contributed by atoms with Crippen molar-refractivity contribution in [3.63, 3.8) is 0 Å². The van der Waals surface area contributed by atoms with Crippen LogP contribution in [-0.2, 0) is 9.16 Å². The predicted molar refractivity (Wildman–Crippen MR) is 61.2 cm³/mol. The van der Waals surface area contributed by atoms with Crippen molar-refractivity contribution in [3.8, 4) is 0 Å². The van der Waals surface area contributed by atoms with Crippen LogP contribution in [0.5, 0.6) is 0 Å². The molecule has 2 amide bonds. The van der Waals surface area contributed by atoms with Gasteiger partial charge in [0.1, 0.15) is 5.60 Å². The van der Waals surface area contributed by atoms with Gasteiger partial charge in [-0.1, -0.05) is 23.6 Å². The van der Waals surface area contributed by atoms with Gasteiger partial charge in [-0.05, 0) is 26.8 Å². The lowest BCUT2D eigenvalue weighted by Gasteiger charge is -2.16. The van der Waals surface area contributed by atoms with E-state index in [9.17, 15) is 9.59 Å². The first-order chi connectivity index (χ1) is 7.35. The summed E-state index contributed by atoms with van der Waals surface area (Å²) in [6, 6.07) is 0.897. The standard InChI is InChI=1S/C9H18N2O4Si/c1-5-6-16-15-8(13)11-10-7(12)14-9(2,3)4/h5-6,16H2,1-4H3. The number of azo groups is 1. The SMILES string of the molecule is CCC[SiH2]OC(=O)N=NC(=O)OC(C)(C)C. The normalized spacial score (nSPS) is 12.2. The van der Waals surface area contributed by atoms with Crippen LogP contribution in [0.1, 0.15) is 34.1 Å². The molecule has 6 nitrogen and oxygen atoms in total. The van der Waals surface area contributed by atoms with E-state index in [1.807, 2.05) is 6.92 Å². The molecular formula is C9H18N2O4Si. The van der Waals surface area contributed by atoms with Crippen LogP contribution in [0.15, 0.2) is 10.2 Å². The number of carbonyl (C=O) groups excluding carboxylic acids is 2. The molecule has 0 rings (SSSR count). The Morgan fingerprint density at radius 2 is 1.75 bits per heavy atom. The second-order valence-electron chi connectivity index (χ2n) is 4.15. The molecular weight excluding hydrogens is 228 g/mol. The number of hydrogen-bond donors (Lipinski definition) is 0. The van der Waals surface area contributed by atoms with Crippen molar-refractivity contribution < 1.29 is 18.8 Å². The highest BCUT2D eigenvalue weighted by atomic mass is 28.2. The van der Waals surface area contributed by atoms with Gasteiger partial charge in [-0.15, -0.1) is 0 Å².